The molecule has 19 heavy (non-hydrogen) atoms. The molecule has 0 saturated heterocycles. The van der Waals surface area contributed by atoms with Crippen LogP contribution in [0.4, 0.5) is 11.4 Å². The highest BCUT2D eigenvalue weighted by Gasteiger charge is 2.15. The van der Waals surface area contributed by atoms with Gasteiger partial charge in [-0.25, -0.2) is 0 Å². The molecule has 1 amide bonds. The van der Waals surface area contributed by atoms with E-state index in [1.165, 1.54) is 28.4 Å². The lowest BCUT2D eigenvalue weighted by Crippen LogP contribution is -2.25. The molecule has 1 aromatic carbocycles. The average Bonchev–Trinajstić information content (AvgIpc) is 2.84. The van der Waals surface area contributed by atoms with E-state index in [-0.39, 0.29) is 11.6 Å². The first-order chi connectivity index (χ1) is 8.99. The molecular formula is C12H9BrN2O3S. The summed E-state index contributed by atoms with van der Waals surface area (Å²) >= 11 is 4.74. The average molecular weight is 341 g/mol. The first-order valence-corrected chi connectivity index (χ1v) is 6.93. The third-order valence-corrected chi connectivity index (χ3v) is 4.07. The van der Waals surface area contributed by atoms with Crippen molar-refractivity contribution in [3.8, 4) is 0 Å². The van der Waals surface area contributed by atoms with Gasteiger partial charge in [0.15, 0.2) is 0 Å². The van der Waals surface area contributed by atoms with Crippen LogP contribution in [0, 0.1) is 10.1 Å². The lowest BCUT2D eigenvalue weighted by atomic mass is 10.2. The Labute approximate surface area is 121 Å². The Morgan fingerprint density at radius 3 is 2.47 bits per heavy atom. The van der Waals surface area contributed by atoms with E-state index in [1.54, 1.807) is 30.6 Å². The van der Waals surface area contributed by atoms with Gasteiger partial charge in [-0.2, -0.15) is 0 Å². The standard InChI is InChI=1S/C12H9BrN2O3S/c1-14(12(16)8-6-11(13)19-7-8)9-2-4-10(5-3-9)15(17)18/h2-7H,1H3. The van der Waals surface area contributed by atoms with Crippen LogP contribution < -0.4 is 4.90 Å². The molecule has 7 heteroatoms. The van der Waals surface area contributed by atoms with Crippen molar-refractivity contribution in [3.05, 3.63) is 55.2 Å². The fourth-order valence-electron chi connectivity index (χ4n) is 1.53. The van der Waals surface area contributed by atoms with E-state index in [1.807, 2.05) is 0 Å². The molecule has 0 aliphatic heterocycles. The third-order valence-electron chi connectivity index (χ3n) is 2.57. The second kappa shape index (κ2) is 5.50. The van der Waals surface area contributed by atoms with E-state index in [0.29, 0.717) is 11.3 Å². The molecule has 0 aliphatic rings. The second-order valence-corrected chi connectivity index (χ2v) is 6.07. The summed E-state index contributed by atoms with van der Waals surface area (Å²) in [6.07, 6.45) is 0. The van der Waals surface area contributed by atoms with Crippen LogP contribution in [0.2, 0.25) is 0 Å². The van der Waals surface area contributed by atoms with Crippen molar-refractivity contribution < 1.29 is 9.72 Å². The van der Waals surface area contributed by atoms with Crippen LogP contribution in [0.1, 0.15) is 10.4 Å². The Kier molecular flexibility index (Phi) is 3.96. The zero-order valence-electron chi connectivity index (χ0n) is 9.87. The molecule has 0 N–H and O–H groups in total. The summed E-state index contributed by atoms with van der Waals surface area (Å²) in [6.45, 7) is 0. The number of rotatable bonds is 3. The number of hydrogen-bond donors (Lipinski definition) is 0. The van der Waals surface area contributed by atoms with E-state index in [4.69, 9.17) is 0 Å². The molecule has 0 bridgehead atoms. The predicted octanol–water partition coefficient (Wildman–Crippen LogP) is 3.70. The molecule has 1 aromatic heterocycles. The highest BCUT2D eigenvalue weighted by Crippen LogP contribution is 2.24. The smallest absolute Gasteiger partial charge is 0.269 e. The van der Waals surface area contributed by atoms with Crippen molar-refractivity contribution in [1.82, 2.24) is 0 Å². The monoisotopic (exact) mass is 340 g/mol. The zero-order valence-corrected chi connectivity index (χ0v) is 12.3. The lowest BCUT2D eigenvalue weighted by Gasteiger charge is -2.16. The molecule has 0 fully saturated rings. The maximum Gasteiger partial charge on any atom is 0.269 e. The lowest BCUT2D eigenvalue weighted by molar-refractivity contribution is -0.384. The Balaban J connectivity index is 2.21. The van der Waals surface area contributed by atoms with Crippen LogP contribution in [0.15, 0.2) is 39.5 Å². The Morgan fingerprint density at radius 2 is 2.00 bits per heavy atom. The van der Waals surface area contributed by atoms with Crippen molar-refractivity contribution in [2.75, 3.05) is 11.9 Å². The molecule has 1 heterocycles. The molecule has 0 atom stereocenters. The van der Waals surface area contributed by atoms with Crippen LogP contribution in [0.5, 0.6) is 0 Å². The topological polar surface area (TPSA) is 63.5 Å². The molecule has 0 aliphatic carbocycles. The summed E-state index contributed by atoms with van der Waals surface area (Å²) in [5, 5.41) is 12.3. The normalized spacial score (nSPS) is 10.2. The number of hydrogen-bond acceptors (Lipinski definition) is 4. The van der Waals surface area contributed by atoms with E-state index in [0.717, 1.165) is 3.79 Å². The van der Waals surface area contributed by atoms with Gasteiger partial charge in [0.25, 0.3) is 11.6 Å². The molecule has 2 rings (SSSR count). The fourth-order valence-corrected chi connectivity index (χ4v) is 2.66. The number of halogens is 1. The van der Waals surface area contributed by atoms with Gasteiger partial charge < -0.3 is 4.90 Å². The van der Waals surface area contributed by atoms with E-state index >= 15 is 0 Å². The molecule has 5 nitrogen and oxygen atoms in total. The molecular weight excluding hydrogens is 332 g/mol. The molecule has 0 spiro atoms. The van der Waals surface area contributed by atoms with Crippen LogP contribution in [0.3, 0.4) is 0 Å². The van der Waals surface area contributed by atoms with Gasteiger partial charge in [-0.15, -0.1) is 11.3 Å². The number of carbonyl (C=O) groups is 1. The largest absolute Gasteiger partial charge is 0.311 e. The molecule has 0 saturated carbocycles. The summed E-state index contributed by atoms with van der Waals surface area (Å²) in [5.74, 6) is -0.157. The number of anilines is 1. The fraction of sp³-hybridized carbons (Fsp3) is 0.0833. The predicted molar refractivity (Wildman–Crippen MR) is 77.8 cm³/mol. The van der Waals surface area contributed by atoms with Crippen molar-refractivity contribution >= 4 is 44.5 Å². The Hall–Kier alpha value is -1.73. The molecule has 0 unspecified atom stereocenters. The van der Waals surface area contributed by atoms with Crippen molar-refractivity contribution in [3.63, 3.8) is 0 Å². The number of amides is 1. The van der Waals surface area contributed by atoms with Gasteiger partial charge >= 0.3 is 0 Å². The summed E-state index contributed by atoms with van der Waals surface area (Å²) in [4.78, 5) is 23.7. The number of benzene rings is 1. The third kappa shape index (κ3) is 2.99. The second-order valence-electron chi connectivity index (χ2n) is 3.78. The molecule has 98 valence electrons. The van der Waals surface area contributed by atoms with Crippen LogP contribution in [-0.2, 0) is 0 Å². The summed E-state index contributed by atoms with van der Waals surface area (Å²) < 4.78 is 0.882. The maximum atomic E-state index is 12.2. The number of thiophene rings is 1. The highest BCUT2D eigenvalue weighted by molar-refractivity contribution is 9.11. The number of nitro benzene ring substituents is 1. The number of nitro groups is 1. The van der Waals surface area contributed by atoms with E-state index < -0.39 is 4.92 Å². The van der Waals surface area contributed by atoms with E-state index in [9.17, 15) is 14.9 Å². The van der Waals surface area contributed by atoms with Gasteiger partial charge in [0.2, 0.25) is 0 Å². The molecule has 2 aromatic rings. The van der Waals surface area contributed by atoms with Gasteiger partial charge in [0.1, 0.15) is 0 Å². The first-order valence-electron chi connectivity index (χ1n) is 5.25. The van der Waals surface area contributed by atoms with Crippen LogP contribution in [0.25, 0.3) is 0 Å². The van der Waals surface area contributed by atoms with Crippen LogP contribution in [-0.4, -0.2) is 17.9 Å². The Bertz CT molecular complexity index is 624. The molecule has 0 radical (unpaired) electrons. The van der Waals surface area contributed by atoms with Crippen molar-refractivity contribution in [1.29, 1.82) is 0 Å². The zero-order chi connectivity index (χ0) is 14.0. The van der Waals surface area contributed by atoms with Gasteiger partial charge in [-0.1, -0.05) is 0 Å². The highest BCUT2D eigenvalue weighted by atomic mass is 79.9. The number of nitrogens with zero attached hydrogens (tertiary/aromatic N) is 2. The quantitative estimate of drug-likeness (QED) is 0.632. The summed E-state index contributed by atoms with van der Waals surface area (Å²) in [5.41, 5.74) is 1.19. The van der Waals surface area contributed by atoms with Crippen LogP contribution >= 0.6 is 27.3 Å². The van der Waals surface area contributed by atoms with Gasteiger partial charge in [0.05, 0.1) is 14.3 Å². The minimum atomic E-state index is -0.471. The number of carbonyl (C=O) groups excluding carboxylic acids is 1. The van der Waals surface area contributed by atoms with E-state index in [2.05, 4.69) is 15.9 Å². The SMILES string of the molecule is CN(C(=O)c1csc(Br)c1)c1ccc([N+](=O)[O-])cc1. The van der Waals surface area contributed by atoms with Gasteiger partial charge in [-0.05, 0) is 34.1 Å². The van der Waals surface area contributed by atoms with Crippen molar-refractivity contribution in [2.24, 2.45) is 0 Å². The first kappa shape index (κ1) is 13.7. The maximum absolute atomic E-state index is 12.2. The summed E-state index contributed by atoms with van der Waals surface area (Å²) in [7, 11) is 1.63. The Morgan fingerprint density at radius 1 is 1.37 bits per heavy atom. The minimum Gasteiger partial charge on any atom is -0.311 e. The van der Waals surface area contributed by atoms with Gasteiger partial charge in [0, 0.05) is 30.2 Å². The van der Waals surface area contributed by atoms with Crippen molar-refractivity contribution in [2.45, 2.75) is 0 Å². The summed E-state index contributed by atoms with van der Waals surface area (Å²) in [6, 6.07) is 7.61. The number of non-ortho nitro benzene ring substituents is 1. The van der Waals surface area contributed by atoms with Gasteiger partial charge in [-0.3, -0.25) is 14.9 Å². The minimum absolute atomic E-state index is 0.00266.